The van der Waals surface area contributed by atoms with E-state index in [0.29, 0.717) is 0 Å². The summed E-state index contributed by atoms with van der Waals surface area (Å²) in [6.45, 7) is 0. The van der Waals surface area contributed by atoms with Gasteiger partial charge in [-0.3, -0.25) is 0 Å². The predicted molar refractivity (Wildman–Crippen MR) is 91.4 cm³/mol. The van der Waals surface area contributed by atoms with E-state index < -0.39 is 0 Å². The number of benzene rings is 2. The molecule has 2 aromatic carbocycles. The highest BCUT2D eigenvalue weighted by Gasteiger charge is 2.13. The van der Waals surface area contributed by atoms with E-state index in [-0.39, 0.29) is 5.38 Å². The van der Waals surface area contributed by atoms with Crippen molar-refractivity contribution in [2.75, 3.05) is 0 Å². The van der Waals surface area contributed by atoms with E-state index in [0.717, 1.165) is 18.7 Å². The van der Waals surface area contributed by atoms with Crippen molar-refractivity contribution in [2.24, 2.45) is 0 Å². The Hall–Kier alpha value is -0.350. The van der Waals surface area contributed by atoms with Crippen molar-refractivity contribution < 1.29 is 0 Å². The van der Waals surface area contributed by atoms with Gasteiger partial charge in [-0.25, -0.2) is 0 Å². The summed E-state index contributed by atoms with van der Waals surface area (Å²) in [4.78, 5) is 1.16. The van der Waals surface area contributed by atoms with E-state index in [4.69, 9.17) is 11.6 Å². The Kier molecular flexibility index (Phi) is 3.99. The first kappa shape index (κ1) is 13.6. The number of hydrogen-bond acceptors (Lipinski definition) is 1. The van der Waals surface area contributed by atoms with Crippen LogP contribution in [0.5, 0.6) is 0 Å². The number of fused-ring (bicyclic) bond motifs is 1. The Bertz CT molecular complexity index is 736. The van der Waals surface area contributed by atoms with Crippen LogP contribution in [0.25, 0.3) is 10.8 Å². The molecule has 4 heteroatoms. The smallest absolute Gasteiger partial charge is 0.0928 e. The maximum atomic E-state index is 6.56. The number of thiophene rings is 1. The van der Waals surface area contributed by atoms with Gasteiger partial charge >= 0.3 is 0 Å². The summed E-state index contributed by atoms with van der Waals surface area (Å²) in [5.74, 6) is 0. The van der Waals surface area contributed by atoms with Crippen molar-refractivity contribution >= 4 is 65.6 Å². The van der Waals surface area contributed by atoms with Gasteiger partial charge in [0.2, 0.25) is 0 Å². The highest BCUT2D eigenvalue weighted by atomic mass is 79.9. The van der Waals surface area contributed by atoms with Crippen LogP contribution in [0.2, 0.25) is 0 Å². The molecule has 1 atom stereocenters. The fourth-order valence-corrected chi connectivity index (χ4v) is 4.17. The van der Waals surface area contributed by atoms with E-state index in [1.165, 1.54) is 10.8 Å². The molecule has 0 saturated carbocycles. The molecule has 0 aliphatic carbocycles. The zero-order chi connectivity index (χ0) is 13.4. The Morgan fingerprint density at radius 1 is 0.895 bits per heavy atom. The third-order valence-electron chi connectivity index (χ3n) is 2.96. The Morgan fingerprint density at radius 3 is 2.37 bits per heavy atom. The van der Waals surface area contributed by atoms with Crippen LogP contribution in [-0.2, 0) is 0 Å². The molecule has 0 aliphatic rings. The molecule has 0 amide bonds. The molecule has 1 heterocycles. The number of hydrogen-bond donors (Lipinski definition) is 0. The van der Waals surface area contributed by atoms with Crippen molar-refractivity contribution in [3.05, 3.63) is 67.2 Å². The van der Waals surface area contributed by atoms with Crippen LogP contribution in [0, 0.1) is 0 Å². The van der Waals surface area contributed by atoms with Gasteiger partial charge < -0.3 is 0 Å². The molecule has 0 radical (unpaired) electrons. The summed E-state index contributed by atoms with van der Waals surface area (Å²) in [6, 6.07) is 16.8. The molecule has 0 spiro atoms. The van der Waals surface area contributed by atoms with E-state index in [1.54, 1.807) is 11.3 Å². The molecular weight excluding hydrogens is 407 g/mol. The SMILES string of the molecule is ClC(c1ccc2cc(Br)ccc2c1)c1ccc(Br)s1. The molecule has 19 heavy (non-hydrogen) atoms. The van der Waals surface area contributed by atoms with Gasteiger partial charge in [-0.1, -0.05) is 34.1 Å². The van der Waals surface area contributed by atoms with E-state index >= 15 is 0 Å². The molecule has 96 valence electrons. The predicted octanol–water partition coefficient (Wildman–Crippen LogP) is 6.75. The van der Waals surface area contributed by atoms with Crippen LogP contribution in [-0.4, -0.2) is 0 Å². The lowest BCUT2D eigenvalue weighted by molar-refractivity contribution is 1.19. The molecule has 0 N–H and O–H groups in total. The molecule has 0 aliphatic heterocycles. The standard InChI is InChI=1S/C15H9Br2ClS/c16-12-4-3-9-7-11(2-1-10(9)8-12)15(18)13-5-6-14(17)19-13/h1-8,15H. The molecule has 1 unspecified atom stereocenters. The molecule has 3 rings (SSSR count). The molecule has 0 bridgehead atoms. The highest BCUT2D eigenvalue weighted by molar-refractivity contribution is 9.11. The summed E-state index contributed by atoms with van der Waals surface area (Å²) in [5, 5.41) is 2.33. The van der Waals surface area contributed by atoms with Crippen molar-refractivity contribution in [2.45, 2.75) is 5.38 Å². The van der Waals surface area contributed by atoms with E-state index in [1.807, 2.05) is 6.07 Å². The van der Waals surface area contributed by atoms with Crippen LogP contribution >= 0.6 is 54.8 Å². The van der Waals surface area contributed by atoms with Gasteiger partial charge in [0.1, 0.15) is 0 Å². The van der Waals surface area contributed by atoms with E-state index in [2.05, 4.69) is 74.3 Å². The average Bonchev–Trinajstić information content (AvgIpc) is 2.84. The van der Waals surface area contributed by atoms with Crippen LogP contribution < -0.4 is 0 Å². The lowest BCUT2D eigenvalue weighted by atomic mass is 10.0. The van der Waals surface area contributed by atoms with Crippen LogP contribution in [0.15, 0.2) is 56.8 Å². The second kappa shape index (κ2) is 5.57. The lowest BCUT2D eigenvalue weighted by Gasteiger charge is -2.09. The Labute approximate surface area is 137 Å². The first-order chi connectivity index (χ1) is 9.13. The summed E-state index contributed by atoms with van der Waals surface area (Å²) >= 11 is 15.2. The monoisotopic (exact) mass is 414 g/mol. The van der Waals surface area contributed by atoms with Gasteiger partial charge in [-0.2, -0.15) is 0 Å². The molecule has 0 fully saturated rings. The topological polar surface area (TPSA) is 0 Å². The zero-order valence-electron chi connectivity index (χ0n) is 9.74. The highest BCUT2D eigenvalue weighted by Crippen LogP contribution is 2.36. The number of rotatable bonds is 2. The first-order valence-electron chi connectivity index (χ1n) is 5.72. The minimum Gasteiger partial charge on any atom is -0.131 e. The third kappa shape index (κ3) is 2.89. The molecule has 3 aromatic rings. The lowest BCUT2D eigenvalue weighted by Crippen LogP contribution is -1.89. The fraction of sp³-hybridized carbons (Fsp3) is 0.0667. The summed E-state index contributed by atoms with van der Waals surface area (Å²) in [6.07, 6.45) is 0. The van der Waals surface area contributed by atoms with Crippen LogP contribution in [0.3, 0.4) is 0 Å². The minimum absolute atomic E-state index is 0.0932. The summed E-state index contributed by atoms with van der Waals surface area (Å²) in [7, 11) is 0. The molecule has 0 nitrogen and oxygen atoms in total. The van der Waals surface area contributed by atoms with Gasteiger partial charge in [0.25, 0.3) is 0 Å². The van der Waals surface area contributed by atoms with E-state index in [9.17, 15) is 0 Å². The summed E-state index contributed by atoms with van der Waals surface area (Å²) in [5.41, 5.74) is 1.13. The van der Waals surface area contributed by atoms with Crippen molar-refractivity contribution in [1.82, 2.24) is 0 Å². The van der Waals surface area contributed by atoms with Gasteiger partial charge in [0.15, 0.2) is 0 Å². The zero-order valence-corrected chi connectivity index (χ0v) is 14.5. The second-order valence-corrected chi connectivity index (χ2v) is 8.10. The van der Waals surface area contributed by atoms with Gasteiger partial charge in [0.05, 0.1) is 9.16 Å². The van der Waals surface area contributed by atoms with Crippen LogP contribution in [0.4, 0.5) is 0 Å². The Balaban J connectivity index is 2.03. The quantitative estimate of drug-likeness (QED) is 0.405. The van der Waals surface area contributed by atoms with Gasteiger partial charge in [0, 0.05) is 9.35 Å². The summed E-state index contributed by atoms with van der Waals surface area (Å²) < 4.78 is 2.20. The van der Waals surface area contributed by atoms with Gasteiger partial charge in [-0.15, -0.1) is 22.9 Å². The average molecular weight is 417 g/mol. The maximum absolute atomic E-state index is 6.56. The van der Waals surface area contributed by atoms with Crippen molar-refractivity contribution in [1.29, 1.82) is 0 Å². The molecule has 0 saturated heterocycles. The maximum Gasteiger partial charge on any atom is 0.0928 e. The fourth-order valence-electron chi connectivity index (χ4n) is 2.02. The third-order valence-corrected chi connectivity index (χ3v) is 5.76. The largest absolute Gasteiger partial charge is 0.131 e. The number of alkyl halides is 1. The Morgan fingerprint density at radius 2 is 1.63 bits per heavy atom. The van der Waals surface area contributed by atoms with Crippen molar-refractivity contribution in [3.63, 3.8) is 0 Å². The minimum atomic E-state index is -0.0932. The van der Waals surface area contributed by atoms with Crippen molar-refractivity contribution in [3.8, 4) is 0 Å². The molecule has 1 aromatic heterocycles. The second-order valence-electron chi connectivity index (χ2n) is 4.26. The molecular formula is C15H9Br2ClS. The van der Waals surface area contributed by atoms with Crippen LogP contribution in [0.1, 0.15) is 15.8 Å². The first-order valence-corrected chi connectivity index (χ1v) is 8.56. The van der Waals surface area contributed by atoms with Gasteiger partial charge in [-0.05, 0) is 62.6 Å². The normalized spacial score (nSPS) is 12.8. The number of halogens is 3.